The molecule has 2 rings (SSSR count). The monoisotopic (exact) mass is 429 g/mol. The number of hydrogen-bond acceptors (Lipinski definition) is 6. The number of rotatable bonds is 8. The van der Waals surface area contributed by atoms with E-state index in [1.54, 1.807) is 45.2 Å². The Hall–Kier alpha value is -3.29. The van der Waals surface area contributed by atoms with Crippen LogP contribution in [0.5, 0.6) is 5.75 Å². The van der Waals surface area contributed by atoms with Crippen LogP contribution < -0.4 is 15.4 Å². The van der Waals surface area contributed by atoms with Crippen molar-refractivity contribution in [2.45, 2.75) is 52.7 Å². The van der Waals surface area contributed by atoms with Gasteiger partial charge in [0.25, 0.3) is 0 Å². The molecule has 0 saturated heterocycles. The molecular weight excluding hydrogens is 398 g/mol. The van der Waals surface area contributed by atoms with Crippen LogP contribution in [0.25, 0.3) is 17.4 Å². The molecule has 0 fully saturated rings. The molecule has 168 valence electrons. The second-order valence-corrected chi connectivity index (χ2v) is 8.53. The summed E-state index contributed by atoms with van der Waals surface area (Å²) in [4.78, 5) is 29.2. The van der Waals surface area contributed by atoms with Gasteiger partial charge < -0.3 is 24.5 Å². The van der Waals surface area contributed by atoms with E-state index in [1.807, 2.05) is 13.8 Å². The summed E-state index contributed by atoms with van der Waals surface area (Å²) in [5.41, 5.74) is 1.18. The van der Waals surface area contributed by atoms with E-state index in [2.05, 4.69) is 22.2 Å². The third-order valence-electron chi connectivity index (χ3n) is 4.26. The van der Waals surface area contributed by atoms with E-state index in [4.69, 9.17) is 13.9 Å². The number of methoxy groups -OCH3 is 1. The molecule has 0 aliphatic heterocycles. The minimum atomic E-state index is -0.771. The maximum Gasteiger partial charge on any atom is 0.408 e. The number of carbonyl (C=O) groups excluding carboxylic acids is 2. The Labute approximate surface area is 183 Å². The average Bonchev–Trinajstić information content (AvgIpc) is 3.19. The highest BCUT2D eigenvalue weighted by molar-refractivity contribution is 5.99. The number of nitrogens with zero attached hydrogens (tertiary/aromatic N) is 1. The van der Waals surface area contributed by atoms with Crippen molar-refractivity contribution in [1.82, 2.24) is 10.3 Å². The molecule has 1 unspecified atom stereocenters. The third kappa shape index (κ3) is 6.87. The molecule has 0 aliphatic rings. The van der Waals surface area contributed by atoms with Crippen molar-refractivity contribution >= 4 is 23.8 Å². The van der Waals surface area contributed by atoms with Gasteiger partial charge in [-0.3, -0.25) is 4.79 Å². The fourth-order valence-corrected chi connectivity index (χ4v) is 2.96. The van der Waals surface area contributed by atoms with E-state index < -0.39 is 17.7 Å². The zero-order chi connectivity index (χ0) is 23.2. The number of aromatic nitrogens is 1. The minimum absolute atomic E-state index is 0.174. The molecule has 0 aliphatic carbocycles. The van der Waals surface area contributed by atoms with Crippen molar-refractivity contribution in [2.75, 3.05) is 12.4 Å². The van der Waals surface area contributed by atoms with Crippen LogP contribution in [0.4, 0.5) is 10.5 Å². The smallest absolute Gasteiger partial charge is 0.408 e. The van der Waals surface area contributed by atoms with E-state index in [9.17, 15) is 9.59 Å². The van der Waals surface area contributed by atoms with Crippen LogP contribution in [-0.4, -0.2) is 35.7 Å². The van der Waals surface area contributed by atoms with Gasteiger partial charge in [-0.15, -0.1) is 0 Å². The summed E-state index contributed by atoms with van der Waals surface area (Å²) >= 11 is 0. The molecule has 8 heteroatoms. The molecule has 31 heavy (non-hydrogen) atoms. The van der Waals surface area contributed by atoms with Crippen molar-refractivity contribution in [3.63, 3.8) is 0 Å². The normalized spacial score (nSPS) is 12.2. The third-order valence-corrected chi connectivity index (χ3v) is 4.26. The summed E-state index contributed by atoms with van der Waals surface area (Å²) < 4.78 is 16.2. The molecule has 1 aromatic carbocycles. The minimum Gasteiger partial charge on any atom is -0.496 e. The SMILES string of the molecule is C=Cc1cc(-c2cnco2)c(OC)cc1NC(=O)C(CC(C)C)NC(=O)OC(C)(C)C. The summed E-state index contributed by atoms with van der Waals surface area (Å²) in [6, 6.07) is 2.71. The summed E-state index contributed by atoms with van der Waals surface area (Å²) in [6.07, 6.45) is 4.33. The highest BCUT2D eigenvalue weighted by Gasteiger charge is 2.26. The number of amides is 2. The van der Waals surface area contributed by atoms with E-state index >= 15 is 0 Å². The topological polar surface area (TPSA) is 103 Å². The van der Waals surface area contributed by atoms with Crippen LogP contribution in [0.1, 0.15) is 46.6 Å². The van der Waals surface area contributed by atoms with E-state index in [1.165, 1.54) is 13.5 Å². The number of hydrogen-bond donors (Lipinski definition) is 2. The Morgan fingerprint density at radius 2 is 2.00 bits per heavy atom. The van der Waals surface area contributed by atoms with Gasteiger partial charge in [0.05, 0.1) is 24.6 Å². The summed E-state index contributed by atoms with van der Waals surface area (Å²) in [5, 5.41) is 5.55. The fourth-order valence-electron chi connectivity index (χ4n) is 2.96. The van der Waals surface area contributed by atoms with Crippen LogP contribution in [0, 0.1) is 5.92 Å². The van der Waals surface area contributed by atoms with Gasteiger partial charge in [-0.25, -0.2) is 9.78 Å². The summed E-state index contributed by atoms with van der Waals surface area (Å²) in [6.45, 7) is 13.1. The van der Waals surface area contributed by atoms with Crippen LogP contribution in [0.15, 0.2) is 35.7 Å². The van der Waals surface area contributed by atoms with Gasteiger partial charge in [0, 0.05) is 6.07 Å². The largest absolute Gasteiger partial charge is 0.496 e. The first kappa shape index (κ1) is 24.0. The highest BCUT2D eigenvalue weighted by atomic mass is 16.6. The Morgan fingerprint density at radius 1 is 1.29 bits per heavy atom. The molecule has 2 aromatic rings. The van der Waals surface area contributed by atoms with Crippen molar-refractivity contribution in [3.05, 3.63) is 36.9 Å². The molecule has 1 heterocycles. The van der Waals surface area contributed by atoms with Crippen molar-refractivity contribution in [3.8, 4) is 17.1 Å². The first-order valence-corrected chi connectivity index (χ1v) is 10.1. The predicted octanol–water partition coefficient (Wildman–Crippen LogP) is 4.87. The van der Waals surface area contributed by atoms with E-state index in [0.29, 0.717) is 34.7 Å². The number of ether oxygens (including phenoxy) is 2. The second-order valence-electron chi connectivity index (χ2n) is 8.53. The number of benzene rings is 1. The lowest BCUT2D eigenvalue weighted by molar-refractivity contribution is -0.118. The Kier molecular flexibility index (Phi) is 7.85. The van der Waals surface area contributed by atoms with Crippen molar-refractivity contribution < 1.29 is 23.5 Å². The highest BCUT2D eigenvalue weighted by Crippen LogP contribution is 2.35. The Morgan fingerprint density at radius 3 is 2.52 bits per heavy atom. The van der Waals surface area contributed by atoms with Gasteiger partial charge in [0.1, 0.15) is 17.4 Å². The average molecular weight is 430 g/mol. The number of oxazole rings is 1. The van der Waals surface area contributed by atoms with Crippen molar-refractivity contribution in [1.29, 1.82) is 0 Å². The molecule has 1 atom stereocenters. The van der Waals surface area contributed by atoms with Crippen LogP contribution in [-0.2, 0) is 9.53 Å². The molecule has 2 amide bonds. The fraction of sp³-hybridized carbons (Fsp3) is 0.435. The first-order valence-electron chi connectivity index (χ1n) is 10.1. The molecule has 1 aromatic heterocycles. The van der Waals surface area contributed by atoms with Gasteiger partial charge in [0.15, 0.2) is 12.2 Å². The zero-order valence-electron chi connectivity index (χ0n) is 18.9. The second kappa shape index (κ2) is 10.1. The molecule has 0 bridgehead atoms. The van der Waals surface area contributed by atoms with Crippen molar-refractivity contribution in [2.24, 2.45) is 5.92 Å². The molecule has 0 radical (unpaired) electrons. The lowest BCUT2D eigenvalue weighted by Gasteiger charge is -2.24. The Bertz CT molecular complexity index is 914. The molecule has 8 nitrogen and oxygen atoms in total. The van der Waals surface area contributed by atoms with Crippen LogP contribution >= 0.6 is 0 Å². The molecular formula is C23H31N3O5. The predicted molar refractivity (Wildman–Crippen MR) is 120 cm³/mol. The lowest BCUT2D eigenvalue weighted by atomic mass is 10.0. The number of nitrogens with one attached hydrogen (secondary N) is 2. The first-order chi connectivity index (χ1) is 14.5. The number of anilines is 1. The van der Waals surface area contributed by atoms with Gasteiger partial charge in [-0.2, -0.15) is 0 Å². The van der Waals surface area contributed by atoms with Gasteiger partial charge >= 0.3 is 6.09 Å². The van der Waals surface area contributed by atoms with E-state index in [-0.39, 0.29) is 11.8 Å². The number of alkyl carbamates (subject to hydrolysis) is 1. The van der Waals surface area contributed by atoms with Gasteiger partial charge in [-0.1, -0.05) is 26.5 Å². The maximum atomic E-state index is 13.0. The maximum absolute atomic E-state index is 13.0. The summed E-state index contributed by atoms with van der Waals surface area (Å²) in [7, 11) is 1.53. The molecule has 0 saturated carbocycles. The molecule has 0 spiro atoms. The number of carbonyl (C=O) groups is 2. The summed E-state index contributed by atoms with van der Waals surface area (Å²) in [5.74, 6) is 0.838. The quantitative estimate of drug-likeness (QED) is 0.620. The Balaban J connectivity index is 2.29. The van der Waals surface area contributed by atoms with Gasteiger partial charge in [0.2, 0.25) is 5.91 Å². The van der Waals surface area contributed by atoms with Crippen LogP contribution in [0.2, 0.25) is 0 Å². The zero-order valence-corrected chi connectivity index (χ0v) is 18.9. The van der Waals surface area contributed by atoms with E-state index in [0.717, 1.165) is 0 Å². The van der Waals surface area contributed by atoms with Crippen LogP contribution in [0.3, 0.4) is 0 Å². The standard InChI is InChI=1S/C23H31N3O5/c1-8-15-10-16(20-12-24-13-30-20)19(29-7)11-17(15)25-21(27)18(9-14(2)3)26-22(28)31-23(4,5)6/h8,10-14,18H,1,9H2,2-7H3,(H,25,27)(H,26,28). The molecule has 2 N–H and O–H groups in total. The van der Waals surface area contributed by atoms with Gasteiger partial charge in [-0.05, 0) is 44.7 Å². The lowest BCUT2D eigenvalue weighted by Crippen LogP contribution is -2.46.